The summed E-state index contributed by atoms with van der Waals surface area (Å²) >= 11 is 0. The first kappa shape index (κ1) is 10.4. The van der Waals surface area contributed by atoms with Crippen LogP contribution in [-0.2, 0) is 6.54 Å². The van der Waals surface area contributed by atoms with E-state index >= 15 is 0 Å². The summed E-state index contributed by atoms with van der Waals surface area (Å²) in [5.41, 5.74) is 0. The Morgan fingerprint density at radius 1 is 1.40 bits per heavy atom. The van der Waals surface area contributed by atoms with Gasteiger partial charge in [-0.15, -0.1) is 0 Å². The molecule has 2 N–H and O–H groups in total. The minimum absolute atomic E-state index is 0.961. The van der Waals surface area contributed by atoms with Crippen molar-refractivity contribution in [2.45, 2.75) is 6.54 Å². The summed E-state index contributed by atoms with van der Waals surface area (Å²) in [7, 11) is 1.93. The van der Waals surface area contributed by atoms with Crippen molar-refractivity contribution in [3.63, 3.8) is 0 Å². The zero-order chi connectivity index (χ0) is 10.5. The van der Waals surface area contributed by atoms with Gasteiger partial charge in [-0.1, -0.05) is 0 Å². The minimum Gasteiger partial charge on any atom is -0.373 e. The fourth-order valence-corrected chi connectivity index (χ4v) is 1.89. The standard InChI is InChI=1S/C10H19N5/c1-11-10-2-3-13-15(10)9-8-14-6-4-12-5-7-14/h2-3,11-12H,4-9H2,1H3. The average Bonchev–Trinajstić information content (AvgIpc) is 2.75. The van der Waals surface area contributed by atoms with E-state index in [1.165, 1.54) is 0 Å². The highest BCUT2D eigenvalue weighted by Crippen LogP contribution is 2.04. The maximum atomic E-state index is 4.28. The Hall–Kier alpha value is -1.07. The topological polar surface area (TPSA) is 45.1 Å². The molecule has 0 saturated carbocycles. The van der Waals surface area contributed by atoms with Crippen LogP contribution in [0.3, 0.4) is 0 Å². The number of nitrogens with one attached hydrogen (secondary N) is 2. The third kappa shape index (κ3) is 2.70. The number of hydrogen-bond acceptors (Lipinski definition) is 4. The molecule has 2 heterocycles. The average molecular weight is 209 g/mol. The summed E-state index contributed by atoms with van der Waals surface area (Å²) in [6, 6.07) is 2.00. The van der Waals surface area contributed by atoms with E-state index in [0.717, 1.165) is 45.1 Å². The van der Waals surface area contributed by atoms with E-state index in [1.807, 2.05) is 24.0 Å². The smallest absolute Gasteiger partial charge is 0.124 e. The van der Waals surface area contributed by atoms with Crippen LogP contribution in [0.1, 0.15) is 0 Å². The largest absolute Gasteiger partial charge is 0.373 e. The zero-order valence-electron chi connectivity index (χ0n) is 9.24. The molecule has 1 aliphatic heterocycles. The highest BCUT2D eigenvalue weighted by molar-refractivity contribution is 5.32. The van der Waals surface area contributed by atoms with Gasteiger partial charge < -0.3 is 10.6 Å². The molecule has 1 aromatic rings. The van der Waals surface area contributed by atoms with Crippen LogP contribution in [0, 0.1) is 0 Å². The van der Waals surface area contributed by atoms with E-state index in [-0.39, 0.29) is 0 Å². The van der Waals surface area contributed by atoms with Gasteiger partial charge in [-0.25, -0.2) is 4.68 Å². The highest BCUT2D eigenvalue weighted by Gasteiger charge is 2.09. The van der Waals surface area contributed by atoms with Crippen LogP contribution in [0.15, 0.2) is 12.3 Å². The maximum absolute atomic E-state index is 4.28. The van der Waals surface area contributed by atoms with Crippen LogP contribution in [-0.4, -0.2) is 54.5 Å². The molecule has 1 fully saturated rings. The first-order valence-corrected chi connectivity index (χ1v) is 5.53. The van der Waals surface area contributed by atoms with Crippen molar-refractivity contribution >= 4 is 5.82 Å². The molecule has 84 valence electrons. The summed E-state index contributed by atoms with van der Waals surface area (Å²) in [5, 5.41) is 10.8. The van der Waals surface area contributed by atoms with Crippen molar-refractivity contribution in [2.24, 2.45) is 0 Å². The van der Waals surface area contributed by atoms with Gasteiger partial charge in [-0.05, 0) is 0 Å². The van der Waals surface area contributed by atoms with Gasteiger partial charge in [0, 0.05) is 45.8 Å². The van der Waals surface area contributed by atoms with Gasteiger partial charge in [0.1, 0.15) is 5.82 Å². The lowest BCUT2D eigenvalue weighted by atomic mass is 10.3. The van der Waals surface area contributed by atoms with E-state index in [4.69, 9.17) is 0 Å². The SMILES string of the molecule is CNc1ccnn1CCN1CCNCC1. The molecule has 0 radical (unpaired) electrons. The van der Waals surface area contributed by atoms with Crippen LogP contribution in [0.5, 0.6) is 0 Å². The number of aromatic nitrogens is 2. The normalized spacial score (nSPS) is 17.9. The van der Waals surface area contributed by atoms with Gasteiger partial charge >= 0.3 is 0 Å². The lowest BCUT2D eigenvalue weighted by Crippen LogP contribution is -2.44. The Morgan fingerprint density at radius 2 is 2.20 bits per heavy atom. The second kappa shape index (κ2) is 5.14. The molecule has 0 aromatic carbocycles. The summed E-state index contributed by atoms with van der Waals surface area (Å²) in [6.45, 7) is 6.56. The van der Waals surface area contributed by atoms with Gasteiger partial charge in [-0.2, -0.15) is 5.10 Å². The summed E-state index contributed by atoms with van der Waals surface area (Å²) in [4.78, 5) is 2.47. The second-order valence-electron chi connectivity index (χ2n) is 3.78. The van der Waals surface area contributed by atoms with E-state index in [2.05, 4.69) is 20.6 Å². The predicted molar refractivity (Wildman–Crippen MR) is 61.1 cm³/mol. The van der Waals surface area contributed by atoms with Gasteiger partial charge in [0.15, 0.2) is 0 Å². The number of rotatable bonds is 4. The van der Waals surface area contributed by atoms with Crippen LogP contribution < -0.4 is 10.6 Å². The van der Waals surface area contributed by atoms with Crippen LogP contribution in [0.25, 0.3) is 0 Å². The zero-order valence-corrected chi connectivity index (χ0v) is 9.24. The quantitative estimate of drug-likeness (QED) is 0.723. The lowest BCUT2D eigenvalue weighted by Gasteiger charge is -2.27. The Labute approximate surface area is 90.4 Å². The van der Waals surface area contributed by atoms with Crippen LogP contribution >= 0.6 is 0 Å². The fraction of sp³-hybridized carbons (Fsp3) is 0.700. The van der Waals surface area contributed by atoms with Crippen molar-refractivity contribution in [3.05, 3.63) is 12.3 Å². The second-order valence-corrected chi connectivity index (χ2v) is 3.78. The molecule has 0 bridgehead atoms. The van der Waals surface area contributed by atoms with E-state index in [0.29, 0.717) is 0 Å². The van der Waals surface area contributed by atoms with E-state index < -0.39 is 0 Å². The van der Waals surface area contributed by atoms with Crippen LogP contribution in [0.2, 0.25) is 0 Å². The van der Waals surface area contributed by atoms with Gasteiger partial charge in [-0.3, -0.25) is 4.90 Å². The first-order chi connectivity index (χ1) is 7.40. The van der Waals surface area contributed by atoms with E-state index in [1.54, 1.807) is 0 Å². The van der Waals surface area contributed by atoms with Crippen molar-refractivity contribution in [3.8, 4) is 0 Å². The number of hydrogen-bond donors (Lipinski definition) is 2. The van der Waals surface area contributed by atoms with Gasteiger partial charge in [0.2, 0.25) is 0 Å². The molecule has 1 saturated heterocycles. The molecular formula is C10H19N5. The molecule has 0 amide bonds. The van der Waals surface area contributed by atoms with Crippen LogP contribution in [0.4, 0.5) is 5.82 Å². The Bertz CT molecular complexity index is 290. The molecule has 1 aliphatic rings. The maximum Gasteiger partial charge on any atom is 0.124 e. The third-order valence-electron chi connectivity index (χ3n) is 2.81. The minimum atomic E-state index is 0.961. The van der Waals surface area contributed by atoms with Crippen molar-refractivity contribution in [1.29, 1.82) is 0 Å². The van der Waals surface area contributed by atoms with E-state index in [9.17, 15) is 0 Å². The predicted octanol–water partition coefficient (Wildman–Crippen LogP) is -0.170. The Kier molecular flexibility index (Phi) is 3.58. The van der Waals surface area contributed by atoms with Crippen molar-refractivity contribution < 1.29 is 0 Å². The number of anilines is 1. The van der Waals surface area contributed by atoms with Gasteiger partial charge in [0.05, 0.1) is 12.7 Å². The number of nitrogens with zero attached hydrogens (tertiary/aromatic N) is 3. The Balaban J connectivity index is 1.81. The molecule has 5 heteroatoms. The molecule has 2 rings (SSSR count). The third-order valence-corrected chi connectivity index (χ3v) is 2.81. The van der Waals surface area contributed by atoms with Crippen molar-refractivity contribution in [1.82, 2.24) is 20.0 Å². The molecule has 0 aliphatic carbocycles. The first-order valence-electron chi connectivity index (χ1n) is 5.53. The number of piperazine rings is 1. The monoisotopic (exact) mass is 209 g/mol. The molecule has 1 aromatic heterocycles. The summed E-state index contributed by atoms with van der Waals surface area (Å²) in [6.07, 6.45) is 1.84. The van der Waals surface area contributed by atoms with Crippen molar-refractivity contribution in [2.75, 3.05) is 45.1 Å². The molecule has 0 spiro atoms. The molecule has 15 heavy (non-hydrogen) atoms. The Morgan fingerprint density at radius 3 is 2.93 bits per heavy atom. The molecular weight excluding hydrogens is 190 g/mol. The molecule has 0 unspecified atom stereocenters. The molecule has 0 atom stereocenters. The molecule has 5 nitrogen and oxygen atoms in total. The van der Waals surface area contributed by atoms with Gasteiger partial charge in [0.25, 0.3) is 0 Å². The summed E-state index contributed by atoms with van der Waals surface area (Å²) in [5.74, 6) is 1.09. The lowest BCUT2D eigenvalue weighted by molar-refractivity contribution is 0.230. The highest BCUT2D eigenvalue weighted by atomic mass is 15.3. The fourth-order valence-electron chi connectivity index (χ4n) is 1.89. The summed E-state index contributed by atoms with van der Waals surface area (Å²) < 4.78 is 2.02.